The summed E-state index contributed by atoms with van der Waals surface area (Å²) in [5.74, 6) is -2.16. The van der Waals surface area contributed by atoms with Crippen molar-refractivity contribution in [3.8, 4) is 0 Å². The lowest BCUT2D eigenvalue weighted by Crippen LogP contribution is -2.59. The molecule has 1 aromatic carbocycles. The van der Waals surface area contributed by atoms with Crippen LogP contribution < -0.4 is 16.0 Å². The summed E-state index contributed by atoms with van der Waals surface area (Å²) in [5.41, 5.74) is -0.408. The first-order valence-electron chi connectivity index (χ1n) is 17.7. The fourth-order valence-electron chi connectivity index (χ4n) is 7.08. The molecule has 5 rings (SSSR count). The zero-order valence-corrected chi connectivity index (χ0v) is 28.9. The monoisotopic (exact) mass is 665 g/mol. The van der Waals surface area contributed by atoms with Crippen molar-refractivity contribution < 1.29 is 23.6 Å². The minimum atomic E-state index is -1.30. The van der Waals surface area contributed by atoms with Crippen molar-refractivity contribution in [3.05, 3.63) is 47.5 Å². The topological polar surface area (TPSA) is 129 Å². The zero-order chi connectivity index (χ0) is 34.4. The number of rotatable bonds is 12. The van der Waals surface area contributed by atoms with Gasteiger partial charge in [-0.15, -0.1) is 0 Å². The molecule has 12 heteroatoms. The highest BCUT2D eigenvalue weighted by atomic mass is 19.1. The van der Waals surface area contributed by atoms with Crippen LogP contribution in [-0.4, -0.2) is 88.0 Å². The maximum Gasteiger partial charge on any atom is 0.270 e. The van der Waals surface area contributed by atoms with Crippen molar-refractivity contribution in [1.29, 1.82) is 0 Å². The van der Waals surface area contributed by atoms with Gasteiger partial charge in [0, 0.05) is 51.3 Å². The van der Waals surface area contributed by atoms with Gasteiger partial charge in [-0.3, -0.25) is 23.9 Å². The third-order valence-electron chi connectivity index (χ3n) is 10.6. The maximum atomic E-state index is 15.9. The Morgan fingerprint density at radius 3 is 2.31 bits per heavy atom. The van der Waals surface area contributed by atoms with Crippen LogP contribution in [0.2, 0.25) is 0 Å². The number of likely N-dealkylation sites (N-methyl/N-ethyl adjacent to an activating group) is 1. The largest absolute Gasteiger partial charge is 0.344 e. The molecule has 0 spiro atoms. The van der Waals surface area contributed by atoms with E-state index in [-0.39, 0.29) is 23.4 Å². The Morgan fingerprint density at radius 2 is 1.69 bits per heavy atom. The van der Waals surface area contributed by atoms with E-state index in [1.807, 2.05) is 20.9 Å². The molecular weight excluding hydrogens is 613 g/mol. The van der Waals surface area contributed by atoms with Crippen LogP contribution in [0.25, 0.3) is 0 Å². The van der Waals surface area contributed by atoms with Gasteiger partial charge in [-0.1, -0.05) is 38.7 Å². The van der Waals surface area contributed by atoms with Gasteiger partial charge in [-0.2, -0.15) is 5.10 Å². The number of carbonyl (C=O) groups is 4. The summed E-state index contributed by atoms with van der Waals surface area (Å²) in [7, 11) is 2.01. The number of hydrogen-bond donors (Lipinski definition) is 3. The molecule has 1 aliphatic heterocycles. The molecule has 3 aliphatic rings. The Kier molecular flexibility index (Phi) is 11.5. The number of nitrogens with one attached hydrogen (secondary N) is 3. The normalized spacial score (nSPS) is 20.2. The predicted molar refractivity (Wildman–Crippen MR) is 182 cm³/mol. The van der Waals surface area contributed by atoms with Gasteiger partial charge < -0.3 is 25.8 Å². The van der Waals surface area contributed by atoms with Crippen LogP contribution in [0, 0.1) is 17.7 Å². The van der Waals surface area contributed by atoms with Gasteiger partial charge >= 0.3 is 0 Å². The molecule has 11 nitrogen and oxygen atoms in total. The molecule has 1 aromatic heterocycles. The summed E-state index contributed by atoms with van der Waals surface area (Å²) in [6.45, 7) is 8.56. The quantitative estimate of drug-likeness (QED) is 0.290. The van der Waals surface area contributed by atoms with Gasteiger partial charge in [-0.25, -0.2) is 4.39 Å². The summed E-state index contributed by atoms with van der Waals surface area (Å²) in [4.78, 5) is 58.1. The highest BCUT2D eigenvalue weighted by Gasteiger charge is 2.43. The van der Waals surface area contributed by atoms with E-state index in [0.29, 0.717) is 43.2 Å². The Balaban J connectivity index is 1.35. The van der Waals surface area contributed by atoms with Gasteiger partial charge in [0.1, 0.15) is 23.1 Å². The minimum absolute atomic E-state index is 0.0108. The van der Waals surface area contributed by atoms with E-state index in [0.717, 1.165) is 64.5 Å². The summed E-state index contributed by atoms with van der Waals surface area (Å²) >= 11 is 0. The number of aromatic nitrogens is 2. The second-order valence-corrected chi connectivity index (χ2v) is 14.2. The van der Waals surface area contributed by atoms with Crippen LogP contribution in [0.15, 0.2) is 30.5 Å². The number of piperazine rings is 1. The number of aryl methyl sites for hydroxylation is 1. The van der Waals surface area contributed by atoms with E-state index >= 15 is 4.39 Å². The van der Waals surface area contributed by atoms with Gasteiger partial charge in [0.25, 0.3) is 5.91 Å². The summed E-state index contributed by atoms with van der Waals surface area (Å²) in [6, 6.07) is 5.31. The molecule has 262 valence electrons. The molecule has 3 fully saturated rings. The highest BCUT2D eigenvalue weighted by Crippen LogP contribution is 2.35. The molecule has 48 heavy (non-hydrogen) atoms. The summed E-state index contributed by atoms with van der Waals surface area (Å²) in [6.07, 6.45) is 9.55. The molecule has 3 N–H and O–H groups in total. The average Bonchev–Trinajstić information content (AvgIpc) is 3.82. The molecule has 0 unspecified atom stereocenters. The zero-order valence-electron chi connectivity index (χ0n) is 28.9. The lowest BCUT2D eigenvalue weighted by atomic mass is 9.79. The van der Waals surface area contributed by atoms with E-state index in [1.165, 1.54) is 12.1 Å². The molecule has 3 atom stereocenters. The average molecular weight is 666 g/mol. The van der Waals surface area contributed by atoms with Crippen LogP contribution >= 0.6 is 0 Å². The van der Waals surface area contributed by atoms with E-state index in [9.17, 15) is 19.2 Å². The first kappa shape index (κ1) is 35.5. The Morgan fingerprint density at radius 1 is 1.00 bits per heavy atom. The number of halogens is 1. The molecule has 0 radical (unpaired) electrons. The van der Waals surface area contributed by atoms with Crippen molar-refractivity contribution in [2.24, 2.45) is 11.8 Å². The fraction of sp³-hybridized carbons (Fsp3) is 0.639. The van der Waals surface area contributed by atoms with Gasteiger partial charge in [0.05, 0.1) is 5.69 Å². The molecule has 1 saturated heterocycles. The molecule has 2 aliphatic carbocycles. The highest BCUT2D eigenvalue weighted by molar-refractivity contribution is 6.03. The smallest absolute Gasteiger partial charge is 0.270 e. The van der Waals surface area contributed by atoms with Crippen molar-refractivity contribution in [1.82, 2.24) is 30.2 Å². The second kappa shape index (κ2) is 15.6. The molecule has 4 amide bonds. The number of anilines is 1. The first-order chi connectivity index (χ1) is 23.0. The number of carbonyl (C=O) groups excluding carboxylic acids is 4. The van der Waals surface area contributed by atoms with Crippen molar-refractivity contribution in [2.75, 3.05) is 38.5 Å². The van der Waals surface area contributed by atoms with Gasteiger partial charge in [-0.05, 0) is 82.2 Å². The lowest BCUT2D eigenvalue weighted by molar-refractivity contribution is -0.138. The molecule has 2 aromatic rings. The number of nitrogens with zero attached hydrogens (tertiary/aromatic N) is 4. The second-order valence-electron chi connectivity index (χ2n) is 14.2. The number of amides is 4. The summed E-state index contributed by atoms with van der Waals surface area (Å²) < 4.78 is 17.4. The SMILES string of the molecule is CCn1nccc1C(=O)N[C@@](C)(C(=O)Nc1ccc([C@H](C)[C@@H](NC(=O)CC2CC2)C(=O)N2CCN(C)CC2)cc1F)C1CCCCCC1. The van der Waals surface area contributed by atoms with E-state index < -0.39 is 35.1 Å². The molecule has 2 heterocycles. The molecule has 2 saturated carbocycles. The Bertz CT molecular complexity index is 1460. The Labute approximate surface area is 283 Å². The summed E-state index contributed by atoms with van der Waals surface area (Å²) in [5, 5.41) is 13.0. The molecule has 0 bridgehead atoms. The first-order valence-corrected chi connectivity index (χ1v) is 17.7. The third kappa shape index (κ3) is 8.43. The van der Waals surface area contributed by atoms with Gasteiger partial charge in [0.15, 0.2) is 0 Å². The van der Waals surface area contributed by atoms with E-state index in [4.69, 9.17) is 0 Å². The van der Waals surface area contributed by atoms with Crippen LogP contribution in [-0.2, 0) is 20.9 Å². The van der Waals surface area contributed by atoms with Crippen molar-refractivity contribution in [2.45, 2.75) is 103 Å². The maximum absolute atomic E-state index is 15.9. The predicted octanol–water partition coefficient (Wildman–Crippen LogP) is 4.30. The third-order valence-corrected chi connectivity index (χ3v) is 10.6. The minimum Gasteiger partial charge on any atom is -0.344 e. The number of benzene rings is 1. The Hall–Kier alpha value is -3.80. The van der Waals surface area contributed by atoms with Crippen molar-refractivity contribution in [3.63, 3.8) is 0 Å². The van der Waals surface area contributed by atoms with E-state index in [2.05, 4.69) is 25.9 Å². The van der Waals surface area contributed by atoms with Gasteiger partial charge in [0.2, 0.25) is 17.7 Å². The van der Waals surface area contributed by atoms with E-state index in [1.54, 1.807) is 34.8 Å². The lowest BCUT2D eigenvalue weighted by Gasteiger charge is -2.37. The standard InChI is InChI=1S/C36H52FN7O4/c1-5-44-30(16-17-38-44)33(46)41-36(3,27-10-8-6-7-9-11-27)35(48)39-29-15-14-26(23-28(29)37)24(2)32(40-31(45)22-25-12-13-25)34(47)43-20-18-42(4)19-21-43/h14-17,23-25,27,32H,5-13,18-22H2,1-4H3,(H,39,48)(H,40,45)(H,41,46)/t24-,32+,36+/m0/s1. The number of hydrogen-bond acceptors (Lipinski definition) is 6. The van der Waals surface area contributed by atoms with Crippen LogP contribution in [0.4, 0.5) is 10.1 Å². The van der Waals surface area contributed by atoms with Crippen LogP contribution in [0.1, 0.15) is 101 Å². The van der Waals surface area contributed by atoms with Crippen LogP contribution in [0.3, 0.4) is 0 Å². The van der Waals surface area contributed by atoms with Crippen LogP contribution in [0.5, 0.6) is 0 Å². The fourth-order valence-corrected chi connectivity index (χ4v) is 7.08. The van der Waals surface area contributed by atoms with Crippen molar-refractivity contribution >= 4 is 29.3 Å². The molecular formula is C36H52FN7O4.